The molecule has 0 aromatic rings. The van der Waals surface area contributed by atoms with Crippen LogP contribution in [0.2, 0.25) is 0 Å². The Bertz CT molecular complexity index is 53.8. The maximum Gasteiger partial charge on any atom is 1.00 e. The van der Waals surface area contributed by atoms with E-state index in [2.05, 4.69) is 0 Å². The van der Waals surface area contributed by atoms with Crippen LogP contribution in [-0.2, 0) is 4.57 Å². The summed E-state index contributed by atoms with van der Waals surface area (Å²) in [5.74, 6) is 0. The van der Waals surface area contributed by atoms with E-state index in [1.54, 1.807) is 0 Å². The molecule has 46 valence electrons. The van der Waals surface area contributed by atoms with E-state index in [1.807, 2.05) is 0 Å². The third-order valence-electron chi connectivity index (χ3n) is 0. The van der Waals surface area contributed by atoms with E-state index in [-0.39, 0.29) is 155 Å². The summed E-state index contributed by atoms with van der Waals surface area (Å²) in [6.07, 6.45) is 0. The predicted molar refractivity (Wildman–Crippen MR) is 23.0 cm³/mol. The van der Waals surface area contributed by atoms with Gasteiger partial charge in [0.2, 0.25) is 0 Å². The first-order valence-electron chi connectivity index (χ1n) is 0.765. The zero-order valence-electron chi connectivity index (χ0n) is 12.6. The molecule has 0 amide bonds. The summed E-state index contributed by atoms with van der Waals surface area (Å²) in [4.78, 5) is 15.1. The average molecular weight is 231 g/mol. The molecule has 11 heteroatoms. The molecule has 11 heavy (non-hydrogen) atoms. The minimum absolute atomic E-state index is 0. The number of nitrogens with zero attached hydrogens (tertiary/aromatic N) is 1. The Hall–Kier alpha value is 4.46. The van der Waals surface area contributed by atoms with Gasteiger partial charge in [0.25, 0.3) is 0 Å². The van der Waals surface area contributed by atoms with E-state index in [1.165, 1.54) is 5.34 Å². The van der Waals surface area contributed by atoms with Crippen LogP contribution in [0.5, 0.6) is 0 Å². The van der Waals surface area contributed by atoms with E-state index in [4.69, 9.17) is 19.6 Å². The monoisotopic (exact) mass is 231 g/mol. The Morgan fingerprint density at radius 3 is 1.09 bits per heavy atom. The van der Waals surface area contributed by atoms with Crippen molar-refractivity contribution in [3.63, 3.8) is 0 Å². The maximum absolute atomic E-state index is 8.46. The minimum Gasteiger partial charge on any atom is -1.00 e. The van der Waals surface area contributed by atoms with Crippen molar-refractivity contribution in [3.05, 3.63) is 4.91 Å². The van der Waals surface area contributed by atoms with Crippen molar-refractivity contribution < 1.29 is 170 Å². The molecular formula is H7NNa5O4P. The van der Waals surface area contributed by atoms with Crippen LogP contribution in [-0.4, -0.2) is 10.1 Å². The second-order valence-electron chi connectivity index (χ2n) is 0.163. The molecule has 0 aliphatic carbocycles. The maximum atomic E-state index is 8.46. The van der Waals surface area contributed by atoms with Gasteiger partial charge in [-0.2, -0.15) is 0 Å². The fourth-order valence-electron chi connectivity index (χ4n) is 0. The summed E-state index contributed by atoms with van der Waals surface area (Å²) in [7, 11) is -0.833. The average Bonchev–Trinajstić information content (AvgIpc) is 1.39. The Morgan fingerprint density at radius 1 is 1.09 bits per heavy atom. The van der Waals surface area contributed by atoms with Crippen molar-refractivity contribution >= 4 is 8.69 Å². The van der Waals surface area contributed by atoms with Crippen LogP contribution in [0.3, 0.4) is 0 Å². The molecular weight excluding hydrogens is 224 g/mol. The second-order valence-corrected chi connectivity index (χ2v) is 0.327. The van der Waals surface area contributed by atoms with Crippen molar-refractivity contribution in [1.29, 1.82) is 0 Å². The molecule has 0 saturated carbocycles. The molecule has 0 rings (SSSR count). The van der Waals surface area contributed by atoms with Gasteiger partial charge in [0.15, 0.2) is 5.34 Å². The van der Waals surface area contributed by atoms with Crippen molar-refractivity contribution in [2.24, 2.45) is 5.34 Å². The Kier molecular flexibility index (Phi) is 258. The molecule has 0 aliphatic rings. The smallest absolute Gasteiger partial charge is 1.00 e. The largest absolute Gasteiger partial charge is 1.00 e. The SMILES string of the molecule is O=NO.O=PO.[H-].[H-].[H-].[H-].[H-].[Na+].[Na+].[Na+].[Na+].[Na+]. The third kappa shape index (κ3) is 113. The summed E-state index contributed by atoms with van der Waals surface area (Å²) in [5, 5.41) is 7.89. The van der Waals surface area contributed by atoms with Crippen LogP contribution in [0, 0.1) is 4.91 Å². The molecule has 2 N–H and O–H groups in total. The van der Waals surface area contributed by atoms with Crippen molar-refractivity contribution in [1.82, 2.24) is 0 Å². The molecule has 0 fully saturated rings. The number of hydrogen-bond donors (Lipinski definition) is 2. The first kappa shape index (κ1) is 45.2. The quantitative estimate of drug-likeness (QED) is 0.187. The van der Waals surface area contributed by atoms with Gasteiger partial charge in [0.1, 0.15) is 0 Å². The summed E-state index contributed by atoms with van der Waals surface area (Å²) < 4.78 is 8.46. The Labute approximate surface area is 184 Å². The topological polar surface area (TPSA) is 87.0 Å². The molecule has 0 saturated heterocycles. The Morgan fingerprint density at radius 2 is 1.09 bits per heavy atom. The summed E-state index contributed by atoms with van der Waals surface area (Å²) >= 11 is 0. The van der Waals surface area contributed by atoms with E-state index in [9.17, 15) is 0 Å². The summed E-state index contributed by atoms with van der Waals surface area (Å²) in [5.41, 5.74) is 0. The van der Waals surface area contributed by atoms with Crippen LogP contribution < -0.4 is 148 Å². The van der Waals surface area contributed by atoms with Gasteiger partial charge in [-0.1, -0.05) is 0 Å². The molecule has 0 heterocycles. The van der Waals surface area contributed by atoms with Gasteiger partial charge in [0, 0.05) is 0 Å². The molecule has 0 atom stereocenters. The molecule has 0 aliphatic heterocycles. The standard InChI is InChI=1S/HNO2.5Na.HO2P.5H/c2-1-3;;;;;;1-3-2;;;;;/h(H,2,3);;;;;;(H,1,2);;;;;/q;5*+1;;5*-1. The molecule has 0 bridgehead atoms. The molecule has 0 aromatic carbocycles. The van der Waals surface area contributed by atoms with Gasteiger partial charge in [-0.3, -0.25) is 0 Å². The van der Waals surface area contributed by atoms with E-state index in [0.29, 0.717) is 0 Å². The minimum atomic E-state index is -0.833. The number of rotatable bonds is 0. The predicted octanol–water partition coefficient (Wildman–Crippen LogP) is -14.1. The van der Waals surface area contributed by atoms with Gasteiger partial charge >= 0.3 is 156 Å². The fourth-order valence-corrected chi connectivity index (χ4v) is 0. The van der Waals surface area contributed by atoms with E-state index < -0.39 is 8.69 Å². The van der Waals surface area contributed by atoms with Crippen molar-refractivity contribution in [2.45, 2.75) is 0 Å². The van der Waals surface area contributed by atoms with Crippen molar-refractivity contribution in [3.8, 4) is 0 Å². The molecule has 0 aromatic heterocycles. The second kappa shape index (κ2) is 62.8. The first-order chi connectivity index (χ1) is 2.83. The van der Waals surface area contributed by atoms with Crippen LogP contribution in [0.1, 0.15) is 7.13 Å². The zero-order valence-corrected chi connectivity index (χ0v) is 18.5. The van der Waals surface area contributed by atoms with Gasteiger partial charge in [0.05, 0.1) is 0 Å². The van der Waals surface area contributed by atoms with Crippen LogP contribution in [0.25, 0.3) is 0 Å². The van der Waals surface area contributed by atoms with Gasteiger partial charge in [-0.25, -0.2) is 4.57 Å². The summed E-state index contributed by atoms with van der Waals surface area (Å²) in [6, 6.07) is 0. The zero-order chi connectivity index (χ0) is 5.41. The molecule has 0 unspecified atom stereocenters. The third-order valence-corrected chi connectivity index (χ3v) is 0. The number of hydrogen-bond acceptors (Lipinski definition) is 3. The first-order valence-corrected chi connectivity index (χ1v) is 1.53. The van der Waals surface area contributed by atoms with Crippen LogP contribution in [0.4, 0.5) is 0 Å². The van der Waals surface area contributed by atoms with E-state index in [0.717, 1.165) is 0 Å². The Balaban J connectivity index is -0.00000000123. The molecule has 0 spiro atoms. The summed E-state index contributed by atoms with van der Waals surface area (Å²) in [6.45, 7) is 0. The normalized spacial score (nSPS) is 3.00. The van der Waals surface area contributed by atoms with E-state index >= 15 is 0 Å². The van der Waals surface area contributed by atoms with Crippen LogP contribution in [0.15, 0.2) is 5.34 Å². The van der Waals surface area contributed by atoms with Gasteiger partial charge in [-0.05, 0) is 0 Å². The van der Waals surface area contributed by atoms with Crippen molar-refractivity contribution in [2.75, 3.05) is 0 Å². The van der Waals surface area contributed by atoms with Gasteiger partial charge in [-0.15, -0.1) is 4.91 Å². The molecule has 0 radical (unpaired) electrons. The molecule has 5 nitrogen and oxygen atoms in total. The fraction of sp³-hybridized carbons (Fsp3) is 0. The van der Waals surface area contributed by atoms with Gasteiger partial charge < -0.3 is 17.2 Å². The van der Waals surface area contributed by atoms with Crippen LogP contribution >= 0.6 is 8.69 Å².